The molecule has 1 nitrogen and oxygen atoms in total. The largest absolute Gasteiger partial charge is 0.489 e. The fourth-order valence-electron chi connectivity index (χ4n) is 2.80. The molecular formula is C20H32O. The van der Waals surface area contributed by atoms with Gasteiger partial charge in [0.25, 0.3) is 0 Å². The molecule has 1 aromatic rings. The topological polar surface area (TPSA) is 9.23 Å². The Labute approximate surface area is 131 Å². The molecule has 0 spiro atoms. The van der Waals surface area contributed by atoms with Crippen LogP contribution in [-0.2, 0) is 0 Å². The quantitative estimate of drug-likeness (QED) is 0.363. The number of unbranched alkanes of at least 4 members (excludes halogenated alkanes) is 5. The summed E-state index contributed by atoms with van der Waals surface area (Å²) in [6, 6.07) is 4.36. The number of hydrogen-bond donors (Lipinski definition) is 0. The number of aryl methyl sites for hydroxylation is 3. The van der Waals surface area contributed by atoms with Gasteiger partial charge in [-0.15, -0.1) is 0 Å². The average molecular weight is 288 g/mol. The van der Waals surface area contributed by atoms with E-state index in [1.807, 2.05) is 0 Å². The molecule has 0 unspecified atom stereocenters. The van der Waals surface area contributed by atoms with Crippen molar-refractivity contribution in [2.45, 2.75) is 72.6 Å². The fraction of sp³-hybridized carbons (Fsp3) is 0.600. The van der Waals surface area contributed by atoms with E-state index in [0.29, 0.717) is 6.61 Å². The van der Waals surface area contributed by atoms with Crippen molar-refractivity contribution < 1.29 is 4.74 Å². The zero-order valence-electron chi connectivity index (χ0n) is 14.4. The van der Waals surface area contributed by atoms with Crippen molar-refractivity contribution in [3.05, 3.63) is 41.0 Å². The van der Waals surface area contributed by atoms with E-state index in [0.717, 1.165) is 12.2 Å². The van der Waals surface area contributed by atoms with Crippen LogP contribution in [0, 0.1) is 20.8 Å². The summed E-state index contributed by atoms with van der Waals surface area (Å²) < 4.78 is 5.98. The summed E-state index contributed by atoms with van der Waals surface area (Å²) in [5.41, 5.74) is 4.95. The molecule has 0 saturated carbocycles. The Kier molecular flexibility index (Phi) is 8.19. The van der Waals surface area contributed by atoms with Crippen LogP contribution in [0.25, 0.3) is 0 Å². The summed E-state index contributed by atoms with van der Waals surface area (Å²) in [5, 5.41) is 0. The summed E-state index contributed by atoms with van der Waals surface area (Å²) in [7, 11) is 0. The Morgan fingerprint density at radius 1 is 0.952 bits per heavy atom. The van der Waals surface area contributed by atoms with Crippen LogP contribution in [0.15, 0.2) is 24.3 Å². The third-order valence-electron chi connectivity index (χ3n) is 3.91. The molecule has 118 valence electrons. The van der Waals surface area contributed by atoms with Crippen molar-refractivity contribution in [2.24, 2.45) is 0 Å². The summed E-state index contributed by atoms with van der Waals surface area (Å²) in [6.45, 7) is 13.4. The van der Waals surface area contributed by atoms with Gasteiger partial charge in [0.05, 0.1) is 0 Å². The first kappa shape index (κ1) is 17.8. The first-order valence-electron chi connectivity index (χ1n) is 8.42. The van der Waals surface area contributed by atoms with Crippen LogP contribution in [0.5, 0.6) is 5.75 Å². The molecule has 0 aliphatic rings. The van der Waals surface area contributed by atoms with E-state index in [1.54, 1.807) is 0 Å². The molecule has 0 aromatic heterocycles. The van der Waals surface area contributed by atoms with E-state index in [4.69, 9.17) is 4.74 Å². The summed E-state index contributed by atoms with van der Waals surface area (Å²) in [4.78, 5) is 0. The van der Waals surface area contributed by atoms with Gasteiger partial charge < -0.3 is 4.74 Å². The molecule has 1 heteroatoms. The van der Waals surface area contributed by atoms with Gasteiger partial charge in [-0.1, -0.05) is 63.3 Å². The van der Waals surface area contributed by atoms with Crippen LogP contribution in [0.3, 0.4) is 0 Å². The highest BCUT2D eigenvalue weighted by molar-refractivity contribution is 5.43. The molecule has 0 aliphatic carbocycles. The SMILES string of the molecule is C=C(CCCCCCCC)COc1c(C)cc(C)cc1C. The summed E-state index contributed by atoms with van der Waals surface area (Å²) in [6.07, 6.45) is 9.08. The molecule has 0 atom stereocenters. The minimum absolute atomic E-state index is 0.652. The van der Waals surface area contributed by atoms with Gasteiger partial charge in [0.15, 0.2) is 0 Å². The minimum Gasteiger partial charge on any atom is -0.489 e. The Morgan fingerprint density at radius 3 is 2.14 bits per heavy atom. The van der Waals surface area contributed by atoms with Crippen molar-refractivity contribution in [1.82, 2.24) is 0 Å². The highest BCUT2D eigenvalue weighted by Crippen LogP contribution is 2.25. The molecular weight excluding hydrogens is 256 g/mol. The predicted molar refractivity (Wildman–Crippen MR) is 93.3 cm³/mol. The van der Waals surface area contributed by atoms with Crippen LogP contribution in [-0.4, -0.2) is 6.61 Å². The Bertz CT molecular complexity index is 422. The van der Waals surface area contributed by atoms with Crippen LogP contribution >= 0.6 is 0 Å². The highest BCUT2D eigenvalue weighted by Gasteiger charge is 2.05. The van der Waals surface area contributed by atoms with E-state index in [2.05, 4.69) is 46.4 Å². The van der Waals surface area contributed by atoms with E-state index in [-0.39, 0.29) is 0 Å². The molecule has 1 aromatic carbocycles. The van der Waals surface area contributed by atoms with Gasteiger partial charge in [-0.3, -0.25) is 0 Å². The number of hydrogen-bond acceptors (Lipinski definition) is 1. The van der Waals surface area contributed by atoms with Crippen molar-refractivity contribution in [2.75, 3.05) is 6.61 Å². The molecule has 0 amide bonds. The van der Waals surface area contributed by atoms with Crippen LogP contribution in [0.2, 0.25) is 0 Å². The highest BCUT2D eigenvalue weighted by atomic mass is 16.5. The lowest BCUT2D eigenvalue weighted by molar-refractivity contribution is 0.342. The second kappa shape index (κ2) is 9.65. The fourth-order valence-corrected chi connectivity index (χ4v) is 2.80. The third-order valence-corrected chi connectivity index (χ3v) is 3.91. The van der Waals surface area contributed by atoms with E-state index in [9.17, 15) is 0 Å². The molecule has 0 radical (unpaired) electrons. The van der Waals surface area contributed by atoms with Gasteiger partial charge in [-0.25, -0.2) is 0 Å². The lowest BCUT2D eigenvalue weighted by atomic mass is 10.1. The maximum absolute atomic E-state index is 5.98. The molecule has 0 aliphatic heterocycles. The standard InChI is InChI=1S/C20H32O/c1-6-7-8-9-10-11-12-16(2)15-21-20-18(4)13-17(3)14-19(20)5/h13-14H,2,6-12,15H2,1,3-5H3. The zero-order valence-corrected chi connectivity index (χ0v) is 14.4. The molecule has 0 bridgehead atoms. The van der Waals surface area contributed by atoms with Crippen molar-refractivity contribution in [1.29, 1.82) is 0 Å². The first-order valence-corrected chi connectivity index (χ1v) is 8.42. The monoisotopic (exact) mass is 288 g/mol. The Balaban J connectivity index is 2.27. The molecule has 1 rings (SSSR count). The van der Waals surface area contributed by atoms with E-state index < -0.39 is 0 Å². The Morgan fingerprint density at radius 2 is 1.52 bits per heavy atom. The number of rotatable bonds is 10. The smallest absolute Gasteiger partial charge is 0.125 e. The van der Waals surface area contributed by atoms with Gasteiger partial charge in [-0.05, 0) is 50.3 Å². The number of benzene rings is 1. The maximum atomic E-state index is 5.98. The summed E-state index contributed by atoms with van der Waals surface area (Å²) in [5.74, 6) is 1.03. The second-order valence-electron chi connectivity index (χ2n) is 6.28. The molecule has 0 heterocycles. The van der Waals surface area contributed by atoms with Crippen molar-refractivity contribution >= 4 is 0 Å². The lowest BCUT2D eigenvalue weighted by Gasteiger charge is -2.14. The molecule has 0 fully saturated rings. The lowest BCUT2D eigenvalue weighted by Crippen LogP contribution is -2.03. The number of ether oxygens (including phenoxy) is 1. The molecule has 21 heavy (non-hydrogen) atoms. The molecule has 0 N–H and O–H groups in total. The van der Waals surface area contributed by atoms with Crippen LogP contribution < -0.4 is 4.74 Å². The van der Waals surface area contributed by atoms with Gasteiger partial charge in [-0.2, -0.15) is 0 Å². The van der Waals surface area contributed by atoms with Crippen molar-refractivity contribution in [3.63, 3.8) is 0 Å². The minimum atomic E-state index is 0.652. The summed E-state index contributed by atoms with van der Waals surface area (Å²) >= 11 is 0. The van der Waals surface area contributed by atoms with Gasteiger partial charge >= 0.3 is 0 Å². The van der Waals surface area contributed by atoms with Gasteiger partial charge in [0, 0.05) is 0 Å². The van der Waals surface area contributed by atoms with E-state index >= 15 is 0 Å². The predicted octanol–water partition coefficient (Wildman–Crippen LogP) is 6.30. The normalized spacial score (nSPS) is 10.7. The van der Waals surface area contributed by atoms with Crippen molar-refractivity contribution in [3.8, 4) is 5.75 Å². The van der Waals surface area contributed by atoms with Gasteiger partial charge in [0.1, 0.15) is 12.4 Å². The third kappa shape index (κ3) is 6.84. The zero-order chi connectivity index (χ0) is 15.7. The Hall–Kier alpha value is -1.24. The van der Waals surface area contributed by atoms with Gasteiger partial charge in [0.2, 0.25) is 0 Å². The second-order valence-corrected chi connectivity index (χ2v) is 6.28. The van der Waals surface area contributed by atoms with Crippen LogP contribution in [0.1, 0.15) is 68.6 Å². The molecule has 0 saturated heterocycles. The van der Waals surface area contributed by atoms with Crippen LogP contribution in [0.4, 0.5) is 0 Å². The maximum Gasteiger partial charge on any atom is 0.125 e. The van der Waals surface area contributed by atoms with E-state index in [1.165, 1.54) is 60.8 Å². The first-order chi connectivity index (χ1) is 10.0. The average Bonchev–Trinajstić information content (AvgIpc) is 2.41.